The Morgan fingerprint density at radius 2 is 2.00 bits per heavy atom. The van der Waals surface area contributed by atoms with E-state index in [9.17, 15) is 5.11 Å². The van der Waals surface area contributed by atoms with Crippen molar-refractivity contribution >= 4 is 16.5 Å². The van der Waals surface area contributed by atoms with Crippen LogP contribution in [0.4, 0.5) is 5.13 Å². The Hall–Kier alpha value is -0.760. The molecule has 22 heavy (non-hydrogen) atoms. The molecule has 3 heterocycles. The van der Waals surface area contributed by atoms with Crippen LogP contribution in [0.5, 0.6) is 0 Å². The molecule has 0 radical (unpaired) electrons. The molecule has 0 spiro atoms. The molecule has 2 saturated heterocycles. The minimum atomic E-state index is 0.256. The molecule has 0 aromatic carbocycles. The second kappa shape index (κ2) is 7.68. The van der Waals surface area contributed by atoms with Crippen molar-refractivity contribution in [3.63, 3.8) is 0 Å². The van der Waals surface area contributed by atoms with Crippen LogP contribution in [-0.2, 0) is 11.2 Å². The Bertz CT molecular complexity index is 464. The van der Waals surface area contributed by atoms with Gasteiger partial charge < -0.3 is 14.7 Å². The van der Waals surface area contributed by atoms with E-state index in [0.29, 0.717) is 11.8 Å². The second-order valence-corrected chi connectivity index (χ2v) is 7.29. The van der Waals surface area contributed by atoms with Crippen LogP contribution in [0.15, 0.2) is 0 Å². The largest absolute Gasteiger partial charge is 0.396 e. The molecule has 2 aliphatic rings. The lowest BCUT2D eigenvalue weighted by molar-refractivity contribution is 0.0268. The number of aliphatic hydroxyl groups excluding tert-OH is 1. The molecule has 2 atom stereocenters. The lowest BCUT2D eigenvalue weighted by Gasteiger charge is -2.30. The minimum absolute atomic E-state index is 0.256. The van der Waals surface area contributed by atoms with Crippen LogP contribution in [-0.4, -0.2) is 72.7 Å². The fourth-order valence-corrected chi connectivity index (χ4v) is 4.27. The summed E-state index contributed by atoms with van der Waals surface area (Å²) in [5.41, 5.74) is 0. The molecule has 0 amide bonds. The van der Waals surface area contributed by atoms with E-state index in [2.05, 4.69) is 26.9 Å². The summed E-state index contributed by atoms with van der Waals surface area (Å²) in [4.78, 5) is 4.77. The van der Waals surface area contributed by atoms with Crippen molar-refractivity contribution < 1.29 is 9.84 Å². The number of aromatic nitrogens is 2. The van der Waals surface area contributed by atoms with Crippen molar-refractivity contribution in [1.82, 2.24) is 15.1 Å². The summed E-state index contributed by atoms with van der Waals surface area (Å²) in [5, 5.41) is 20.5. The number of hydrogen-bond acceptors (Lipinski definition) is 7. The molecule has 7 heteroatoms. The van der Waals surface area contributed by atoms with Gasteiger partial charge >= 0.3 is 0 Å². The molecule has 1 aromatic heterocycles. The van der Waals surface area contributed by atoms with E-state index in [0.717, 1.165) is 68.9 Å². The van der Waals surface area contributed by atoms with Crippen LogP contribution in [0.25, 0.3) is 0 Å². The van der Waals surface area contributed by atoms with Gasteiger partial charge in [-0.05, 0) is 12.3 Å². The lowest BCUT2D eigenvalue weighted by atomic mass is 9.96. The molecule has 0 unspecified atom stereocenters. The first kappa shape index (κ1) is 16.1. The smallest absolute Gasteiger partial charge is 0.208 e. The normalized spacial score (nSPS) is 26.7. The fourth-order valence-electron chi connectivity index (χ4n) is 3.31. The highest BCUT2D eigenvalue weighted by Gasteiger charge is 2.35. The SMILES string of the molecule is CCCc1nnc(N2C[C@@H](CN3CCOCC3)[C@@H](CO)C2)s1. The molecule has 1 N–H and O–H groups in total. The third-order valence-electron chi connectivity index (χ3n) is 4.60. The molecule has 2 fully saturated rings. The van der Waals surface area contributed by atoms with Gasteiger partial charge in [0.2, 0.25) is 5.13 Å². The van der Waals surface area contributed by atoms with Crippen molar-refractivity contribution in [2.24, 2.45) is 11.8 Å². The van der Waals surface area contributed by atoms with Gasteiger partial charge in [0.05, 0.1) is 13.2 Å². The zero-order valence-corrected chi connectivity index (χ0v) is 14.1. The van der Waals surface area contributed by atoms with Crippen LogP contribution in [0, 0.1) is 11.8 Å². The minimum Gasteiger partial charge on any atom is -0.396 e. The summed E-state index contributed by atoms with van der Waals surface area (Å²) in [6.45, 7) is 9.01. The fraction of sp³-hybridized carbons (Fsp3) is 0.867. The lowest BCUT2D eigenvalue weighted by Crippen LogP contribution is -2.41. The Balaban J connectivity index is 1.60. The average Bonchev–Trinajstić information content (AvgIpc) is 3.15. The maximum atomic E-state index is 9.72. The first-order chi connectivity index (χ1) is 10.8. The molecular formula is C15H26N4O2S. The summed E-state index contributed by atoms with van der Waals surface area (Å²) in [6.07, 6.45) is 2.11. The number of nitrogens with zero attached hydrogens (tertiary/aromatic N) is 4. The van der Waals surface area contributed by atoms with Crippen LogP contribution in [0.1, 0.15) is 18.4 Å². The Morgan fingerprint density at radius 3 is 2.73 bits per heavy atom. The highest BCUT2D eigenvalue weighted by atomic mass is 32.1. The number of rotatable bonds is 6. The molecule has 0 saturated carbocycles. The van der Waals surface area contributed by atoms with Crippen molar-refractivity contribution in [3.8, 4) is 0 Å². The molecular weight excluding hydrogens is 300 g/mol. The third kappa shape index (κ3) is 3.76. The Kier molecular flexibility index (Phi) is 5.62. The zero-order valence-electron chi connectivity index (χ0n) is 13.3. The number of aliphatic hydroxyl groups is 1. The summed E-state index contributed by atoms with van der Waals surface area (Å²) >= 11 is 1.70. The number of morpholine rings is 1. The standard InChI is InChI=1S/C15H26N4O2S/c1-2-3-14-16-17-15(22-14)19-9-12(13(10-19)11-20)8-18-4-6-21-7-5-18/h12-13,20H,2-11H2,1H3/t12-,13-/m1/s1. The van der Waals surface area contributed by atoms with Gasteiger partial charge in [0.1, 0.15) is 5.01 Å². The second-order valence-electron chi connectivity index (χ2n) is 6.25. The number of hydrogen-bond donors (Lipinski definition) is 1. The van der Waals surface area contributed by atoms with Gasteiger partial charge in [0.15, 0.2) is 0 Å². The van der Waals surface area contributed by atoms with Crippen molar-refractivity contribution in [2.75, 3.05) is 57.4 Å². The van der Waals surface area contributed by atoms with E-state index in [4.69, 9.17) is 4.74 Å². The summed E-state index contributed by atoms with van der Waals surface area (Å²) < 4.78 is 5.42. The molecule has 2 aliphatic heterocycles. The van der Waals surface area contributed by atoms with Gasteiger partial charge in [-0.25, -0.2) is 0 Å². The summed E-state index contributed by atoms with van der Waals surface area (Å²) in [7, 11) is 0. The molecule has 0 aliphatic carbocycles. The van der Waals surface area contributed by atoms with Crippen LogP contribution in [0.3, 0.4) is 0 Å². The van der Waals surface area contributed by atoms with Crippen LogP contribution < -0.4 is 4.90 Å². The van der Waals surface area contributed by atoms with Gasteiger partial charge in [-0.1, -0.05) is 18.3 Å². The monoisotopic (exact) mass is 326 g/mol. The molecule has 6 nitrogen and oxygen atoms in total. The highest BCUT2D eigenvalue weighted by Crippen LogP contribution is 2.31. The molecule has 1 aromatic rings. The number of aryl methyl sites for hydroxylation is 1. The van der Waals surface area contributed by atoms with Gasteiger partial charge in [-0.15, -0.1) is 10.2 Å². The third-order valence-corrected chi connectivity index (χ3v) is 5.64. The predicted octanol–water partition coefficient (Wildman–Crippen LogP) is 0.867. The Labute approximate surface area is 136 Å². The van der Waals surface area contributed by atoms with E-state index >= 15 is 0 Å². The van der Waals surface area contributed by atoms with Crippen molar-refractivity contribution in [1.29, 1.82) is 0 Å². The van der Waals surface area contributed by atoms with E-state index in [1.54, 1.807) is 11.3 Å². The quantitative estimate of drug-likeness (QED) is 0.837. The predicted molar refractivity (Wildman–Crippen MR) is 87.4 cm³/mol. The van der Waals surface area contributed by atoms with Gasteiger partial charge in [-0.3, -0.25) is 4.90 Å². The van der Waals surface area contributed by atoms with Gasteiger partial charge in [-0.2, -0.15) is 0 Å². The van der Waals surface area contributed by atoms with Crippen LogP contribution >= 0.6 is 11.3 Å². The van der Waals surface area contributed by atoms with Gasteiger partial charge in [0, 0.05) is 51.7 Å². The number of ether oxygens (including phenoxy) is 1. The molecule has 0 bridgehead atoms. The van der Waals surface area contributed by atoms with Crippen LogP contribution in [0.2, 0.25) is 0 Å². The summed E-state index contributed by atoms with van der Waals surface area (Å²) in [6, 6.07) is 0. The highest BCUT2D eigenvalue weighted by molar-refractivity contribution is 7.15. The topological polar surface area (TPSA) is 61.7 Å². The van der Waals surface area contributed by atoms with Gasteiger partial charge in [0.25, 0.3) is 0 Å². The van der Waals surface area contributed by atoms with Crippen molar-refractivity contribution in [3.05, 3.63) is 5.01 Å². The maximum absolute atomic E-state index is 9.72. The summed E-state index contributed by atoms with van der Waals surface area (Å²) in [5.74, 6) is 0.836. The first-order valence-electron chi connectivity index (χ1n) is 8.28. The van der Waals surface area contributed by atoms with Crippen molar-refractivity contribution in [2.45, 2.75) is 19.8 Å². The Morgan fingerprint density at radius 1 is 1.23 bits per heavy atom. The van der Waals surface area contributed by atoms with E-state index in [-0.39, 0.29) is 6.61 Å². The van der Waals surface area contributed by atoms with E-state index in [1.807, 2.05) is 0 Å². The zero-order chi connectivity index (χ0) is 15.4. The molecule has 124 valence electrons. The van der Waals surface area contributed by atoms with E-state index in [1.165, 1.54) is 0 Å². The van der Waals surface area contributed by atoms with E-state index < -0.39 is 0 Å². The average molecular weight is 326 g/mol. The maximum Gasteiger partial charge on any atom is 0.208 e. The first-order valence-corrected chi connectivity index (χ1v) is 9.10. The number of anilines is 1. The molecule has 3 rings (SSSR count).